The van der Waals surface area contributed by atoms with E-state index in [1.807, 2.05) is 0 Å². The van der Waals surface area contributed by atoms with Crippen LogP contribution in [0.1, 0.15) is 186 Å². The molecule has 0 radical (unpaired) electrons. The summed E-state index contributed by atoms with van der Waals surface area (Å²) in [4.78, 5) is 5.04. The van der Waals surface area contributed by atoms with Crippen LogP contribution in [-0.2, 0) is 12.8 Å². The van der Waals surface area contributed by atoms with Crippen LogP contribution >= 0.6 is 0 Å². The van der Waals surface area contributed by atoms with Crippen molar-refractivity contribution in [3.05, 3.63) is 246 Å². The van der Waals surface area contributed by atoms with Gasteiger partial charge in [0, 0.05) is 44.0 Å². The molecule has 4 saturated carbocycles. The molecule has 4 nitrogen and oxygen atoms in total. The van der Waals surface area contributed by atoms with Gasteiger partial charge >= 0.3 is 0 Å². The van der Waals surface area contributed by atoms with Crippen LogP contribution in [0, 0.1) is 0 Å². The van der Waals surface area contributed by atoms with Crippen molar-refractivity contribution in [2.24, 2.45) is 0 Å². The van der Waals surface area contributed by atoms with Gasteiger partial charge in [0.2, 0.25) is 0 Å². The molecule has 0 unspecified atom stereocenters. The van der Waals surface area contributed by atoms with Gasteiger partial charge in [-0.25, -0.2) is 0 Å². The average molecular weight is 1230 g/mol. The highest BCUT2D eigenvalue weighted by atomic mass is 16.3. The Balaban J connectivity index is 0.927. The van der Waals surface area contributed by atoms with Crippen LogP contribution < -0.4 is 9.80 Å². The highest BCUT2D eigenvalue weighted by molar-refractivity contribution is 6.30. The summed E-state index contributed by atoms with van der Waals surface area (Å²) in [7, 11) is 0. The van der Waals surface area contributed by atoms with E-state index in [0.717, 1.165) is 98.3 Å². The van der Waals surface area contributed by atoms with Crippen molar-refractivity contribution in [1.82, 2.24) is 0 Å². The van der Waals surface area contributed by atoms with Crippen molar-refractivity contribution in [3.63, 3.8) is 0 Å². The monoisotopic (exact) mass is 1230 g/mol. The van der Waals surface area contributed by atoms with Gasteiger partial charge < -0.3 is 19.3 Å². The van der Waals surface area contributed by atoms with Crippen LogP contribution in [0.3, 0.4) is 0 Å². The van der Waals surface area contributed by atoms with E-state index in [9.17, 15) is 5.11 Å². The molecule has 0 bridgehead atoms. The number of aryl methyl sites for hydroxylation is 2. The third-order valence-corrected chi connectivity index (χ3v) is 23.0. The highest BCUT2D eigenvalue weighted by Gasteiger charge is 2.33. The second-order valence-corrected chi connectivity index (χ2v) is 28.2. The fourth-order valence-corrected chi connectivity index (χ4v) is 18.2. The Labute approximate surface area is 555 Å². The molecule has 0 atom stereocenters. The van der Waals surface area contributed by atoms with E-state index in [-0.39, 0.29) is 5.75 Å². The van der Waals surface area contributed by atoms with Crippen molar-refractivity contribution in [2.45, 2.75) is 166 Å². The van der Waals surface area contributed by atoms with Crippen LogP contribution in [0.5, 0.6) is 5.75 Å². The van der Waals surface area contributed by atoms with E-state index in [1.165, 1.54) is 185 Å². The normalized spacial score (nSPS) is 16.2. The smallest absolute Gasteiger partial charge is 0.159 e. The number of rotatable bonds is 15. The van der Waals surface area contributed by atoms with E-state index < -0.39 is 0 Å². The Bertz CT molecular complexity index is 4930. The SMILES string of the molecule is CCc1ccccc1-c1cccc(-c2cccc(N(c3ccc(C4CCCCC4)cc3)c3cc(C4CCCC4)c4ccc5c(N(c6ccc(C7CCCCC7)cc6)c6cccc7c6oc6c(-c8ccccc8CC)cccc67)cc(C6CCCC6)c6ccc3c4c65)c2O)c1. The lowest BCUT2D eigenvalue weighted by Crippen LogP contribution is -2.14. The molecule has 94 heavy (non-hydrogen) atoms. The zero-order valence-corrected chi connectivity index (χ0v) is 54.9. The summed E-state index contributed by atoms with van der Waals surface area (Å²) >= 11 is 0. The van der Waals surface area contributed by atoms with E-state index in [1.54, 1.807) is 0 Å². The molecule has 1 heterocycles. The lowest BCUT2D eigenvalue weighted by atomic mass is 9.82. The van der Waals surface area contributed by atoms with Gasteiger partial charge in [-0.1, -0.05) is 236 Å². The van der Waals surface area contributed by atoms with Crippen molar-refractivity contribution in [3.8, 4) is 39.1 Å². The van der Waals surface area contributed by atoms with Gasteiger partial charge in [-0.05, 0) is 220 Å². The molecule has 4 aliphatic carbocycles. The fourth-order valence-electron chi connectivity index (χ4n) is 18.2. The molecule has 0 saturated heterocycles. The fraction of sp³-hybridized carbons (Fsp3) is 0.289. The van der Waals surface area contributed by atoms with Gasteiger partial charge in [0.25, 0.3) is 0 Å². The van der Waals surface area contributed by atoms with Crippen LogP contribution in [0.25, 0.3) is 87.6 Å². The number of anilines is 6. The third-order valence-electron chi connectivity index (χ3n) is 23.0. The predicted octanol–water partition coefficient (Wildman–Crippen LogP) is 26.7. The molecule has 1 N–H and O–H groups in total. The molecule has 17 rings (SSSR count). The summed E-state index contributed by atoms with van der Waals surface area (Å²) in [5.74, 6) is 2.26. The summed E-state index contributed by atoms with van der Waals surface area (Å²) in [6.07, 6.45) is 24.3. The molecule has 0 amide bonds. The van der Waals surface area contributed by atoms with Gasteiger partial charge in [0.15, 0.2) is 5.58 Å². The maximum atomic E-state index is 13.4. The second kappa shape index (κ2) is 25.0. The molecule has 0 spiro atoms. The van der Waals surface area contributed by atoms with Crippen LogP contribution in [0.15, 0.2) is 217 Å². The summed E-state index contributed by atoms with van der Waals surface area (Å²) in [5, 5.41) is 23.5. The van der Waals surface area contributed by atoms with Crippen molar-refractivity contribution in [2.75, 3.05) is 9.80 Å². The number of benzene rings is 12. The molecule has 1 aromatic heterocycles. The third kappa shape index (κ3) is 10.2. The molecular weight excluding hydrogens is 1140 g/mol. The lowest BCUT2D eigenvalue weighted by Gasteiger charge is -2.32. The van der Waals surface area contributed by atoms with Gasteiger partial charge in [-0.3, -0.25) is 0 Å². The number of phenolic OH excluding ortho intramolecular Hbond substituents is 1. The first-order valence-corrected chi connectivity index (χ1v) is 36.1. The van der Waals surface area contributed by atoms with Gasteiger partial charge in [0.05, 0.1) is 22.7 Å². The van der Waals surface area contributed by atoms with E-state index in [0.29, 0.717) is 23.7 Å². The maximum Gasteiger partial charge on any atom is 0.159 e. The summed E-state index contributed by atoms with van der Waals surface area (Å²) in [6, 6.07) is 80.9. The van der Waals surface area contributed by atoms with Gasteiger partial charge in [0.1, 0.15) is 11.3 Å². The number of furan rings is 1. The highest BCUT2D eigenvalue weighted by Crippen LogP contribution is 2.56. The van der Waals surface area contributed by atoms with Crippen molar-refractivity contribution in [1.29, 1.82) is 0 Å². The minimum absolute atomic E-state index is 0.283. The quantitative estimate of drug-likeness (QED) is 0.104. The number of para-hydroxylation sites is 3. The lowest BCUT2D eigenvalue weighted by molar-refractivity contribution is 0.443. The summed E-state index contributed by atoms with van der Waals surface area (Å²) < 4.78 is 7.52. The number of hydrogen-bond donors (Lipinski definition) is 1. The summed E-state index contributed by atoms with van der Waals surface area (Å²) in [6.45, 7) is 4.49. The zero-order valence-electron chi connectivity index (χ0n) is 54.9. The molecule has 468 valence electrons. The Morgan fingerprint density at radius 2 is 0.745 bits per heavy atom. The zero-order chi connectivity index (χ0) is 62.8. The molecule has 4 aliphatic rings. The van der Waals surface area contributed by atoms with Crippen LogP contribution in [-0.4, -0.2) is 5.11 Å². The second-order valence-electron chi connectivity index (χ2n) is 28.2. The van der Waals surface area contributed by atoms with Crippen LogP contribution in [0.2, 0.25) is 0 Å². The first-order valence-electron chi connectivity index (χ1n) is 36.1. The number of fused-ring (bicyclic) bond motifs is 3. The van der Waals surface area contributed by atoms with Crippen molar-refractivity contribution >= 4 is 88.4 Å². The largest absolute Gasteiger partial charge is 0.505 e. The predicted molar refractivity (Wildman–Crippen MR) is 398 cm³/mol. The standard InChI is InChI=1S/C90H86N2O2/c1-3-58-23-15-17-35-70(58)66-33-19-34-67(55-66)72-37-21-41-82(88(72)93)91(68-47-43-62(44-48-68)60-25-7-5-8-26-60)84-56-80(64-29-11-12-30-64)73-52-54-79-85(57-81(65-31-13-14-32-65)74-51-53-78(84)86(73)87(74)79)92(69-49-45-63(46-50-69)61-27-9-6-10-28-61)83-42-22-40-77-76-39-20-38-75(89(76)94-90(77)83)71-36-18-16-24-59(71)4-2/h15-24,33-57,60-61,64-65,93H,3-14,25-32H2,1-2H3. The number of hydrogen-bond acceptors (Lipinski definition) is 4. The Morgan fingerprint density at radius 1 is 0.330 bits per heavy atom. The first-order chi connectivity index (χ1) is 46.5. The molecule has 13 aromatic rings. The van der Waals surface area contributed by atoms with Gasteiger partial charge in [-0.2, -0.15) is 0 Å². The molecule has 12 aromatic carbocycles. The van der Waals surface area contributed by atoms with E-state index in [2.05, 4.69) is 236 Å². The topological polar surface area (TPSA) is 39.9 Å². The average Bonchev–Trinajstić information content (AvgIpc) is 0.835. The molecule has 4 fully saturated rings. The molecular formula is C90H86N2O2. The Hall–Kier alpha value is -9.12. The van der Waals surface area contributed by atoms with E-state index in [4.69, 9.17) is 4.42 Å². The van der Waals surface area contributed by atoms with Crippen molar-refractivity contribution < 1.29 is 9.52 Å². The Morgan fingerprint density at radius 3 is 1.31 bits per heavy atom. The number of phenols is 1. The molecule has 0 aliphatic heterocycles. The van der Waals surface area contributed by atoms with Gasteiger partial charge in [-0.15, -0.1) is 0 Å². The Kier molecular flexibility index (Phi) is 15.6. The van der Waals surface area contributed by atoms with Crippen LogP contribution in [0.4, 0.5) is 34.1 Å². The number of aromatic hydroxyl groups is 1. The minimum atomic E-state index is 0.283. The number of nitrogens with zero attached hydrogens (tertiary/aromatic N) is 2. The maximum absolute atomic E-state index is 13.4. The van der Waals surface area contributed by atoms with E-state index >= 15 is 0 Å². The first kappa shape index (κ1) is 58.7. The summed E-state index contributed by atoms with van der Waals surface area (Å²) in [5.41, 5.74) is 23.1. The minimum Gasteiger partial charge on any atom is -0.505 e. The molecule has 4 heteroatoms.